The molecule has 7 nitrogen and oxygen atoms in total. The number of hydrogen-bond donors (Lipinski definition) is 1. The molecule has 0 bridgehead atoms. The van der Waals surface area contributed by atoms with Crippen molar-refractivity contribution < 1.29 is 32.6 Å². The highest BCUT2D eigenvalue weighted by Crippen LogP contribution is 2.59. The van der Waals surface area contributed by atoms with Crippen molar-refractivity contribution in [2.75, 3.05) is 18.5 Å². The summed E-state index contributed by atoms with van der Waals surface area (Å²) in [5, 5.41) is 2.87. The van der Waals surface area contributed by atoms with Gasteiger partial charge in [-0.2, -0.15) is 0 Å². The Labute approximate surface area is 224 Å². The summed E-state index contributed by atoms with van der Waals surface area (Å²) in [7, 11) is 0. The highest BCUT2D eigenvalue weighted by Gasteiger charge is 2.66. The first-order chi connectivity index (χ1) is 18.8. The Kier molecular flexibility index (Phi) is 6.91. The van der Waals surface area contributed by atoms with E-state index in [0.29, 0.717) is 22.4 Å². The highest BCUT2D eigenvalue weighted by molar-refractivity contribution is 6.18. The second kappa shape index (κ2) is 10.3. The zero-order chi connectivity index (χ0) is 27.7. The minimum atomic E-state index is -1.73. The van der Waals surface area contributed by atoms with Gasteiger partial charge in [0, 0.05) is 12.2 Å². The Hall–Kier alpha value is -4.53. The van der Waals surface area contributed by atoms with Crippen molar-refractivity contribution in [3.8, 4) is 0 Å². The molecule has 1 spiro atoms. The van der Waals surface area contributed by atoms with Crippen LogP contribution in [0.1, 0.15) is 36.6 Å². The zero-order valence-corrected chi connectivity index (χ0v) is 21.4. The molecule has 0 fully saturated rings. The molecule has 2 atom stereocenters. The van der Waals surface area contributed by atoms with E-state index in [2.05, 4.69) is 5.32 Å². The molecule has 3 aromatic carbocycles. The quantitative estimate of drug-likeness (QED) is 0.441. The van der Waals surface area contributed by atoms with E-state index in [-0.39, 0.29) is 31.0 Å². The summed E-state index contributed by atoms with van der Waals surface area (Å²) >= 11 is 0. The van der Waals surface area contributed by atoms with Crippen molar-refractivity contribution in [1.82, 2.24) is 4.90 Å². The third-order valence-corrected chi connectivity index (χ3v) is 7.00. The van der Waals surface area contributed by atoms with Gasteiger partial charge in [0.1, 0.15) is 22.7 Å². The molecule has 1 amide bonds. The van der Waals surface area contributed by atoms with Gasteiger partial charge in [0.15, 0.2) is 0 Å². The number of ether oxygens (including phenoxy) is 2. The maximum atomic E-state index is 14.1. The molecule has 0 radical (unpaired) electrons. The number of rotatable bonds is 7. The van der Waals surface area contributed by atoms with Crippen LogP contribution in [0.3, 0.4) is 0 Å². The average Bonchev–Trinajstić information content (AvgIpc) is 3.38. The Morgan fingerprint density at radius 2 is 1.46 bits per heavy atom. The van der Waals surface area contributed by atoms with Gasteiger partial charge in [0.05, 0.1) is 24.8 Å². The maximum absolute atomic E-state index is 14.1. The lowest BCUT2D eigenvalue weighted by molar-refractivity contribution is -0.143. The molecule has 5 rings (SSSR count). The van der Waals surface area contributed by atoms with E-state index in [4.69, 9.17) is 9.47 Å². The predicted octanol–water partition coefficient (Wildman–Crippen LogP) is 4.79. The number of carbonyl (C=O) groups excluding carboxylic acids is 3. The van der Waals surface area contributed by atoms with Crippen LogP contribution in [0, 0.1) is 11.6 Å². The monoisotopic (exact) mass is 532 g/mol. The van der Waals surface area contributed by atoms with Crippen LogP contribution in [0.4, 0.5) is 14.5 Å². The third kappa shape index (κ3) is 4.24. The normalized spacial score (nSPS) is 19.7. The van der Waals surface area contributed by atoms with Gasteiger partial charge in [0.25, 0.3) is 0 Å². The molecule has 2 aliphatic rings. The molecule has 3 aromatic rings. The minimum absolute atomic E-state index is 0.00301. The molecule has 1 N–H and O–H groups in total. The average molecular weight is 533 g/mol. The number of halogens is 2. The summed E-state index contributed by atoms with van der Waals surface area (Å²) in [6.45, 7) is 3.28. The number of fused-ring (bicyclic) bond motifs is 2. The van der Waals surface area contributed by atoms with Crippen LogP contribution in [-0.2, 0) is 35.8 Å². The summed E-state index contributed by atoms with van der Waals surface area (Å²) in [6, 6.07) is 17.1. The molecule has 9 heteroatoms. The second-order valence-corrected chi connectivity index (χ2v) is 9.18. The fourth-order valence-electron chi connectivity index (χ4n) is 5.54. The molecule has 0 aliphatic carbocycles. The number of anilines is 1. The fraction of sp³-hybridized carbons (Fsp3) is 0.233. The molecule has 0 saturated carbocycles. The number of carbonyl (C=O) groups is 3. The van der Waals surface area contributed by atoms with Gasteiger partial charge in [0.2, 0.25) is 5.91 Å². The van der Waals surface area contributed by atoms with Crippen molar-refractivity contribution >= 4 is 23.5 Å². The maximum Gasteiger partial charge on any atom is 0.355 e. The van der Waals surface area contributed by atoms with Crippen molar-refractivity contribution in [3.63, 3.8) is 0 Å². The van der Waals surface area contributed by atoms with Crippen LogP contribution in [0.2, 0.25) is 0 Å². The van der Waals surface area contributed by atoms with Gasteiger partial charge >= 0.3 is 11.9 Å². The Balaban J connectivity index is 1.86. The van der Waals surface area contributed by atoms with E-state index in [0.717, 1.165) is 0 Å². The number of nitrogens with one attached hydrogen (secondary N) is 1. The highest BCUT2D eigenvalue weighted by atomic mass is 19.1. The SMILES string of the molecule is CCOC(=O)C1=C(C(=O)OCC)C2(C(=O)Nc3ccccc32)C(c2ccc(F)cc2)N1Cc1ccc(F)cc1. The van der Waals surface area contributed by atoms with Gasteiger partial charge < -0.3 is 19.7 Å². The first kappa shape index (κ1) is 26.1. The molecule has 2 heterocycles. The van der Waals surface area contributed by atoms with Crippen LogP contribution in [0.25, 0.3) is 0 Å². The number of esters is 2. The van der Waals surface area contributed by atoms with Crippen molar-refractivity contribution in [2.45, 2.75) is 31.8 Å². The molecule has 2 aliphatic heterocycles. The zero-order valence-electron chi connectivity index (χ0n) is 21.4. The van der Waals surface area contributed by atoms with Crippen LogP contribution in [0.15, 0.2) is 84.1 Å². The largest absolute Gasteiger partial charge is 0.463 e. The number of benzene rings is 3. The van der Waals surface area contributed by atoms with Gasteiger partial charge in [-0.3, -0.25) is 4.79 Å². The van der Waals surface area contributed by atoms with Crippen LogP contribution < -0.4 is 5.32 Å². The number of nitrogens with zero attached hydrogens (tertiary/aromatic N) is 1. The molecular weight excluding hydrogens is 506 g/mol. The van der Waals surface area contributed by atoms with Crippen molar-refractivity contribution in [1.29, 1.82) is 0 Å². The van der Waals surface area contributed by atoms with Gasteiger partial charge in [-0.05, 0) is 60.9 Å². The Morgan fingerprint density at radius 3 is 2.10 bits per heavy atom. The smallest absolute Gasteiger partial charge is 0.355 e. The van der Waals surface area contributed by atoms with Crippen LogP contribution in [0.5, 0.6) is 0 Å². The topological polar surface area (TPSA) is 84.9 Å². The molecule has 200 valence electrons. The van der Waals surface area contributed by atoms with Gasteiger partial charge in [-0.1, -0.05) is 42.5 Å². The lowest BCUT2D eigenvalue weighted by atomic mass is 9.69. The van der Waals surface area contributed by atoms with E-state index < -0.39 is 40.9 Å². The fourth-order valence-corrected chi connectivity index (χ4v) is 5.54. The third-order valence-electron chi connectivity index (χ3n) is 7.00. The Morgan fingerprint density at radius 1 is 0.872 bits per heavy atom. The first-order valence-electron chi connectivity index (χ1n) is 12.6. The van der Waals surface area contributed by atoms with E-state index in [1.54, 1.807) is 55.1 Å². The van der Waals surface area contributed by atoms with E-state index in [1.165, 1.54) is 36.4 Å². The predicted molar refractivity (Wildman–Crippen MR) is 138 cm³/mol. The molecule has 2 unspecified atom stereocenters. The summed E-state index contributed by atoms with van der Waals surface area (Å²) in [6.07, 6.45) is 0. The summed E-state index contributed by atoms with van der Waals surface area (Å²) in [4.78, 5) is 43.1. The summed E-state index contributed by atoms with van der Waals surface area (Å²) in [5.74, 6) is -3.13. The van der Waals surface area contributed by atoms with Gasteiger partial charge in [-0.15, -0.1) is 0 Å². The number of amides is 1. The molecule has 0 saturated heterocycles. The van der Waals surface area contributed by atoms with Gasteiger partial charge in [-0.25, -0.2) is 18.4 Å². The van der Waals surface area contributed by atoms with E-state index >= 15 is 0 Å². The lowest BCUT2D eigenvalue weighted by Crippen LogP contribution is -2.45. The van der Waals surface area contributed by atoms with Crippen LogP contribution in [-0.4, -0.2) is 36.0 Å². The standard InChI is InChI=1S/C30H26F2N2O5/c1-3-38-27(35)24-25(28(36)39-4-2)34(17-18-9-13-20(31)14-10-18)26(19-11-15-21(32)16-12-19)30(24)22-7-5-6-8-23(22)33-29(30)37/h5-16,26H,3-4,17H2,1-2H3,(H,33,37). The van der Waals surface area contributed by atoms with Crippen LogP contribution >= 0.6 is 0 Å². The van der Waals surface area contributed by atoms with E-state index in [9.17, 15) is 23.2 Å². The van der Waals surface area contributed by atoms with E-state index in [1.807, 2.05) is 0 Å². The first-order valence-corrected chi connectivity index (χ1v) is 12.6. The molecule has 39 heavy (non-hydrogen) atoms. The number of para-hydroxylation sites is 1. The second-order valence-electron chi connectivity index (χ2n) is 9.18. The molecule has 0 aromatic heterocycles. The number of hydrogen-bond acceptors (Lipinski definition) is 6. The Bertz CT molecular complexity index is 1470. The summed E-state index contributed by atoms with van der Waals surface area (Å²) in [5.41, 5.74) is -0.00625. The summed E-state index contributed by atoms with van der Waals surface area (Å²) < 4.78 is 38.6. The van der Waals surface area contributed by atoms with Crippen molar-refractivity contribution in [2.24, 2.45) is 0 Å². The lowest BCUT2D eigenvalue weighted by Gasteiger charge is -2.37. The van der Waals surface area contributed by atoms with Crippen molar-refractivity contribution in [3.05, 3.63) is 112 Å². The molecular formula is C30H26F2N2O5. The minimum Gasteiger partial charge on any atom is -0.463 e.